The third-order valence-electron chi connectivity index (χ3n) is 3.89. The predicted octanol–water partition coefficient (Wildman–Crippen LogP) is 2.98. The van der Waals surface area contributed by atoms with Crippen LogP contribution in [0.3, 0.4) is 0 Å². The summed E-state index contributed by atoms with van der Waals surface area (Å²) in [6.07, 6.45) is 2.40. The van der Waals surface area contributed by atoms with Crippen LogP contribution in [0.2, 0.25) is 5.02 Å². The van der Waals surface area contributed by atoms with Gasteiger partial charge in [-0.05, 0) is 50.4 Å². The van der Waals surface area contributed by atoms with Crippen molar-refractivity contribution in [3.8, 4) is 0 Å². The van der Waals surface area contributed by atoms with Crippen LogP contribution in [0.1, 0.15) is 26.7 Å². The van der Waals surface area contributed by atoms with Crippen LogP contribution in [0, 0.1) is 5.92 Å². The summed E-state index contributed by atoms with van der Waals surface area (Å²) in [5.41, 5.74) is 6.97. The first-order valence-electron chi connectivity index (χ1n) is 7.07. The Kier molecular flexibility index (Phi) is 4.89. The smallest absolute Gasteiger partial charge is 0.241 e. The lowest BCUT2D eigenvalue weighted by molar-refractivity contribution is -0.121. The Balaban J connectivity index is 2.00. The fraction of sp³-hybridized carbons (Fsp3) is 0.533. The molecule has 0 radical (unpaired) electrons. The van der Waals surface area contributed by atoms with Crippen LogP contribution in [0.25, 0.3) is 0 Å². The van der Waals surface area contributed by atoms with Gasteiger partial charge in [0.1, 0.15) is 0 Å². The molecule has 4 nitrogen and oxygen atoms in total. The van der Waals surface area contributed by atoms with Gasteiger partial charge in [-0.2, -0.15) is 0 Å². The van der Waals surface area contributed by atoms with Gasteiger partial charge < -0.3 is 11.1 Å². The number of benzene rings is 1. The lowest BCUT2D eigenvalue weighted by Gasteiger charge is -2.34. The number of nitrogens with two attached hydrogens (primary N) is 1. The second kappa shape index (κ2) is 6.46. The Morgan fingerprint density at radius 3 is 2.95 bits per heavy atom. The van der Waals surface area contributed by atoms with Gasteiger partial charge in [-0.25, -0.2) is 0 Å². The van der Waals surface area contributed by atoms with Crippen molar-refractivity contribution in [2.24, 2.45) is 5.92 Å². The molecule has 20 heavy (non-hydrogen) atoms. The zero-order chi connectivity index (χ0) is 14.7. The number of piperidine rings is 1. The molecule has 1 aromatic carbocycles. The van der Waals surface area contributed by atoms with Gasteiger partial charge in [0, 0.05) is 11.6 Å². The first-order valence-corrected chi connectivity index (χ1v) is 7.45. The summed E-state index contributed by atoms with van der Waals surface area (Å²) in [7, 11) is 0. The molecule has 2 rings (SSSR count). The van der Waals surface area contributed by atoms with Gasteiger partial charge >= 0.3 is 0 Å². The molecular weight excluding hydrogens is 274 g/mol. The predicted molar refractivity (Wildman–Crippen MR) is 83.9 cm³/mol. The van der Waals surface area contributed by atoms with E-state index in [0.29, 0.717) is 22.3 Å². The SMILES string of the molecule is CC1CCCN(C(C)C(=O)Nc2ccc(Cl)cc2N)C1. The number of nitrogen functional groups attached to an aromatic ring is 1. The van der Waals surface area contributed by atoms with Gasteiger partial charge in [0.2, 0.25) is 5.91 Å². The Bertz CT molecular complexity index is 492. The van der Waals surface area contributed by atoms with Crippen LogP contribution in [0.15, 0.2) is 18.2 Å². The van der Waals surface area contributed by atoms with E-state index in [1.54, 1.807) is 18.2 Å². The molecule has 1 aliphatic rings. The molecule has 2 atom stereocenters. The van der Waals surface area contributed by atoms with Gasteiger partial charge in [-0.1, -0.05) is 18.5 Å². The van der Waals surface area contributed by atoms with E-state index < -0.39 is 0 Å². The number of carbonyl (C=O) groups is 1. The van der Waals surface area contributed by atoms with E-state index in [-0.39, 0.29) is 11.9 Å². The van der Waals surface area contributed by atoms with Gasteiger partial charge in [0.05, 0.1) is 17.4 Å². The zero-order valence-corrected chi connectivity index (χ0v) is 12.8. The molecule has 0 aromatic heterocycles. The minimum atomic E-state index is -0.146. The van der Waals surface area contributed by atoms with Gasteiger partial charge in [0.25, 0.3) is 0 Å². The number of anilines is 2. The summed E-state index contributed by atoms with van der Waals surface area (Å²) >= 11 is 5.85. The van der Waals surface area contributed by atoms with E-state index in [9.17, 15) is 4.79 Å². The second-order valence-electron chi connectivity index (χ2n) is 5.64. The lowest BCUT2D eigenvalue weighted by atomic mass is 9.99. The van der Waals surface area contributed by atoms with Crippen molar-refractivity contribution >= 4 is 28.9 Å². The number of hydrogen-bond donors (Lipinski definition) is 2. The molecule has 5 heteroatoms. The molecule has 0 bridgehead atoms. The van der Waals surface area contributed by atoms with Crippen molar-refractivity contribution in [3.63, 3.8) is 0 Å². The van der Waals surface area contributed by atoms with Crippen molar-refractivity contribution in [1.29, 1.82) is 0 Å². The first-order chi connectivity index (χ1) is 9.47. The van der Waals surface area contributed by atoms with Crippen molar-refractivity contribution in [2.75, 3.05) is 24.1 Å². The highest BCUT2D eigenvalue weighted by atomic mass is 35.5. The fourth-order valence-electron chi connectivity index (χ4n) is 2.63. The third-order valence-corrected chi connectivity index (χ3v) is 4.12. The molecule has 0 aliphatic carbocycles. The number of amides is 1. The highest BCUT2D eigenvalue weighted by molar-refractivity contribution is 6.31. The van der Waals surface area contributed by atoms with E-state index in [4.69, 9.17) is 17.3 Å². The molecule has 0 saturated carbocycles. The summed E-state index contributed by atoms with van der Waals surface area (Å²) in [5.74, 6) is 0.632. The number of rotatable bonds is 3. The number of carbonyl (C=O) groups excluding carboxylic acids is 1. The molecule has 110 valence electrons. The molecule has 3 N–H and O–H groups in total. The van der Waals surface area contributed by atoms with Gasteiger partial charge in [0.15, 0.2) is 0 Å². The van der Waals surface area contributed by atoms with Crippen LogP contribution < -0.4 is 11.1 Å². The summed E-state index contributed by atoms with van der Waals surface area (Å²) < 4.78 is 0. The summed E-state index contributed by atoms with van der Waals surface area (Å²) in [4.78, 5) is 14.5. The quantitative estimate of drug-likeness (QED) is 0.843. The molecule has 1 heterocycles. The highest BCUT2D eigenvalue weighted by Gasteiger charge is 2.25. The lowest BCUT2D eigenvalue weighted by Crippen LogP contribution is -2.46. The van der Waals surface area contributed by atoms with Crippen LogP contribution >= 0.6 is 11.6 Å². The van der Waals surface area contributed by atoms with Gasteiger partial charge in [-0.15, -0.1) is 0 Å². The molecule has 1 fully saturated rings. The Labute approximate surface area is 125 Å². The average Bonchev–Trinajstić information content (AvgIpc) is 2.41. The zero-order valence-electron chi connectivity index (χ0n) is 12.0. The molecule has 1 amide bonds. The van der Waals surface area contributed by atoms with Crippen LogP contribution in [0.4, 0.5) is 11.4 Å². The van der Waals surface area contributed by atoms with E-state index in [2.05, 4.69) is 17.1 Å². The van der Waals surface area contributed by atoms with Crippen molar-refractivity contribution in [2.45, 2.75) is 32.7 Å². The topological polar surface area (TPSA) is 58.4 Å². The van der Waals surface area contributed by atoms with E-state index in [1.165, 1.54) is 6.42 Å². The Hall–Kier alpha value is -1.26. The molecule has 1 aromatic rings. The number of hydrogen-bond acceptors (Lipinski definition) is 3. The highest BCUT2D eigenvalue weighted by Crippen LogP contribution is 2.24. The van der Waals surface area contributed by atoms with Crippen LogP contribution in [-0.4, -0.2) is 29.9 Å². The summed E-state index contributed by atoms with van der Waals surface area (Å²) in [6, 6.07) is 4.96. The minimum absolute atomic E-state index is 0.0203. The normalized spacial score (nSPS) is 21.4. The van der Waals surface area contributed by atoms with E-state index >= 15 is 0 Å². The molecular formula is C15H22ClN3O. The Morgan fingerprint density at radius 2 is 2.30 bits per heavy atom. The second-order valence-corrected chi connectivity index (χ2v) is 6.08. The molecule has 1 aliphatic heterocycles. The number of nitrogens with zero attached hydrogens (tertiary/aromatic N) is 1. The summed E-state index contributed by atoms with van der Waals surface area (Å²) in [6.45, 7) is 6.13. The van der Waals surface area contributed by atoms with Gasteiger partial charge in [-0.3, -0.25) is 9.69 Å². The maximum absolute atomic E-state index is 12.3. The van der Waals surface area contributed by atoms with Crippen LogP contribution in [0.5, 0.6) is 0 Å². The number of halogens is 1. The van der Waals surface area contributed by atoms with Crippen molar-refractivity contribution < 1.29 is 4.79 Å². The molecule has 0 spiro atoms. The van der Waals surface area contributed by atoms with E-state index in [0.717, 1.165) is 19.5 Å². The van der Waals surface area contributed by atoms with Crippen molar-refractivity contribution in [1.82, 2.24) is 4.90 Å². The average molecular weight is 296 g/mol. The first kappa shape index (κ1) is 15.1. The maximum atomic E-state index is 12.3. The minimum Gasteiger partial charge on any atom is -0.397 e. The molecule has 2 unspecified atom stereocenters. The van der Waals surface area contributed by atoms with Crippen LogP contribution in [-0.2, 0) is 4.79 Å². The standard InChI is InChI=1S/C15H22ClN3O/c1-10-4-3-7-19(9-10)11(2)15(20)18-14-6-5-12(16)8-13(14)17/h5-6,8,10-11H,3-4,7,9,17H2,1-2H3,(H,18,20). The number of likely N-dealkylation sites (tertiary alicyclic amines) is 1. The van der Waals surface area contributed by atoms with Crippen molar-refractivity contribution in [3.05, 3.63) is 23.2 Å². The monoisotopic (exact) mass is 295 g/mol. The maximum Gasteiger partial charge on any atom is 0.241 e. The molecule has 1 saturated heterocycles. The Morgan fingerprint density at radius 1 is 1.55 bits per heavy atom. The number of nitrogens with one attached hydrogen (secondary N) is 1. The summed E-state index contributed by atoms with van der Waals surface area (Å²) in [5, 5.41) is 3.45. The fourth-order valence-corrected chi connectivity index (χ4v) is 2.81. The third kappa shape index (κ3) is 3.64. The van der Waals surface area contributed by atoms with E-state index in [1.807, 2.05) is 6.92 Å². The largest absolute Gasteiger partial charge is 0.397 e.